The Morgan fingerprint density at radius 3 is 2.56 bits per heavy atom. The highest BCUT2D eigenvalue weighted by atomic mass is 19.1. The molecule has 2 aromatic carbocycles. The van der Waals surface area contributed by atoms with Gasteiger partial charge >= 0.3 is 0 Å². The number of piperidine rings is 1. The maximum Gasteiger partial charge on any atom is 0.227 e. The summed E-state index contributed by atoms with van der Waals surface area (Å²) in [4.78, 5) is 16.2. The SMILES string of the molecule is [C-]#[N+]CCN1CCC(c2ccc(Cc3ncc(F)c(-c4cc(F)c5c(c4)N(C(C)C)CCO5)n3)cc2F)CC1. The Morgan fingerprint density at radius 2 is 1.85 bits per heavy atom. The molecule has 3 heterocycles. The van der Waals surface area contributed by atoms with E-state index in [1.54, 1.807) is 6.07 Å². The summed E-state index contributed by atoms with van der Waals surface area (Å²) in [6.07, 6.45) is 3.01. The normalized spacial score (nSPS) is 16.2. The highest BCUT2D eigenvalue weighted by Gasteiger charge is 2.26. The van der Waals surface area contributed by atoms with Gasteiger partial charge in [-0.1, -0.05) is 12.1 Å². The molecule has 0 radical (unpaired) electrons. The second kappa shape index (κ2) is 11.6. The Kier molecular flexibility index (Phi) is 8.03. The number of halogens is 3. The van der Waals surface area contributed by atoms with Crippen LogP contribution in [0.3, 0.4) is 0 Å². The lowest BCUT2D eigenvalue weighted by Gasteiger charge is -2.34. The van der Waals surface area contributed by atoms with Crippen LogP contribution < -0.4 is 9.64 Å². The lowest BCUT2D eigenvalue weighted by atomic mass is 9.88. The number of nitrogens with zero attached hydrogens (tertiary/aromatic N) is 5. The van der Waals surface area contributed by atoms with Gasteiger partial charge in [0.25, 0.3) is 0 Å². The van der Waals surface area contributed by atoms with Crippen LogP contribution in [0.15, 0.2) is 36.5 Å². The van der Waals surface area contributed by atoms with Crippen LogP contribution in [0, 0.1) is 24.0 Å². The van der Waals surface area contributed by atoms with Crippen molar-refractivity contribution in [3.63, 3.8) is 0 Å². The van der Waals surface area contributed by atoms with Crippen LogP contribution in [-0.2, 0) is 6.42 Å². The van der Waals surface area contributed by atoms with Gasteiger partial charge in [0.05, 0.1) is 25.0 Å². The van der Waals surface area contributed by atoms with E-state index in [4.69, 9.17) is 11.3 Å². The second-order valence-electron chi connectivity index (χ2n) is 10.5. The summed E-state index contributed by atoms with van der Waals surface area (Å²) in [7, 11) is 0. The molecule has 0 atom stereocenters. The minimum Gasteiger partial charge on any atom is -0.486 e. The summed E-state index contributed by atoms with van der Waals surface area (Å²) in [6.45, 7) is 14.9. The number of benzene rings is 2. The van der Waals surface area contributed by atoms with Crippen LogP contribution in [0.2, 0.25) is 0 Å². The quantitative estimate of drug-likeness (QED) is 0.355. The molecule has 6 nitrogen and oxygen atoms in total. The molecule has 3 aromatic rings. The van der Waals surface area contributed by atoms with Crippen molar-refractivity contribution in [2.45, 2.75) is 45.1 Å². The van der Waals surface area contributed by atoms with Crippen LogP contribution >= 0.6 is 0 Å². The van der Waals surface area contributed by atoms with Gasteiger partial charge in [0, 0.05) is 18.0 Å². The van der Waals surface area contributed by atoms with Crippen molar-refractivity contribution >= 4 is 5.69 Å². The third kappa shape index (κ3) is 5.86. The minimum absolute atomic E-state index is 0.00181. The van der Waals surface area contributed by atoms with E-state index < -0.39 is 11.6 Å². The molecule has 0 unspecified atom stereocenters. The molecule has 0 amide bonds. The van der Waals surface area contributed by atoms with Gasteiger partial charge in [0.1, 0.15) is 23.9 Å². The van der Waals surface area contributed by atoms with E-state index in [1.165, 1.54) is 12.1 Å². The first kappa shape index (κ1) is 26.9. The zero-order chi connectivity index (χ0) is 27.5. The van der Waals surface area contributed by atoms with Gasteiger partial charge in [-0.3, -0.25) is 4.90 Å². The maximum atomic E-state index is 15.1. The van der Waals surface area contributed by atoms with E-state index in [2.05, 4.69) is 19.7 Å². The molecule has 1 fully saturated rings. The number of fused-ring (bicyclic) bond motifs is 1. The van der Waals surface area contributed by atoms with Gasteiger partial charge in [0.15, 0.2) is 17.4 Å². The molecule has 0 spiro atoms. The number of hydrogen-bond donors (Lipinski definition) is 0. The predicted octanol–water partition coefficient (Wildman–Crippen LogP) is 5.86. The van der Waals surface area contributed by atoms with Crippen molar-refractivity contribution in [2.24, 2.45) is 0 Å². The molecular weight excluding hydrogens is 503 g/mol. The predicted molar refractivity (Wildman–Crippen MR) is 144 cm³/mol. The Morgan fingerprint density at radius 1 is 1.05 bits per heavy atom. The smallest absolute Gasteiger partial charge is 0.227 e. The van der Waals surface area contributed by atoms with Gasteiger partial charge in [-0.05, 0) is 75.0 Å². The largest absolute Gasteiger partial charge is 0.486 e. The zero-order valence-corrected chi connectivity index (χ0v) is 22.3. The number of rotatable bonds is 7. The Labute approximate surface area is 227 Å². The van der Waals surface area contributed by atoms with Crippen LogP contribution in [0.4, 0.5) is 18.9 Å². The van der Waals surface area contributed by atoms with Crippen LogP contribution in [-0.4, -0.2) is 60.2 Å². The molecule has 1 aromatic heterocycles. The average Bonchev–Trinajstić information content (AvgIpc) is 2.93. The van der Waals surface area contributed by atoms with Crippen molar-refractivity contribution in [3.8, 4) is 17.0 Å². The summed E-state index contributed by atoms with van der Waals surface area (Å²) in [5.74, 6) is -0.859. The third-order valence-electron chi connectivity index (χ3n) is 7.59. The summed E-state index contributed by atoms with van der Waals surface area (Å²) in [6, 6.07) is 8.25. The highest BCUT2D eigenvalue weighted by molar-refractivity contribution is 5.72. The molecule has 1 saturated heterocycles. The molecule has 0 aliphatic carbocycles. The molecule has 2 aliphatic rings. The second-order valence-corrected chi connectivity index (χ2v) is 10.5. The van der Waals surface area contributed by atoms with Crippen LogP contribution in [0.1, 0.15) is 49.6 Å². The number of ether oxygens (including phenoxy) is 1. The fourth-order valence-electron chi connectivity index (χ4n) is 5.52. The number of aromatic nitrogens is 2. The summed E-state index contributed by atoms with van der Waals surface area (Å²) in [5.41, 5.74) is 2.25. The Hall–Kier alpha value is -3.64. The van der Waals surface area contributed by atoms with E-state index in [1.807, 2.05) is 30.9 Å². The van der Waals surface area contributed by atoms with Crippen LogP contribution in [0.25, 0.3) is 16.1 Å². The fourth-order valence-corrected chi connectivity index (χ4v) is 5.52. The lowest BCUT2D eigenvalue weighted by Crippen LogP contribution is -2.38. The number of likely N-dealkylation sites (tertiary alicyclic amines) is 1. The molecular formula is C30H32F3N5O. The topological polar surface area (TPSA) is 45.9 Å². The molecule has 5 rings (SSSR count). The minimum atomic E-state index is -0.657. The molecule has 0 N–H and O–H groups in total. The Balaban J connectivity index is 1.34. The number of hydrogen-bond acceptors (Lipinski definition) is 5. The molecule has 0 saturated carbocycles. The van der Waals surface area contributed by atoms with Gasteiger partial charge in [0.2, 0.25) is 6.54 Å². The Bertz CT molecular complexity index is 1380. The van der Waals surface area contributed by atoms with Gasteiger partial charge in [-0.25, -0.2) is 29.7 Å². The van der Waals surface area contributed by atoms with Crippen molar-refractivity contribution in [2.75, 3.05) is 44.2 Å². The molecule has 39 heavy (non-hydrogen) atoms. The first-order chi connectivity index (χ1) is 18.8. The molecule has 0 bridgehead atoms. The molecule has 204 valence electrons. The summed E-state index contributed by atoms with van der Waals surface area (Å²) in [5, 5.41) is 0. The monoisotopic (exact) mass is 535 g/mol. The van der Waals surface area contributed by atoms with Crippen molar-refractivity contribution in [1.82, 2.24) is 14.9 Å². The van der Waals surface area contributed by atoms with Gasteiger partial charge in [-0.15, -0.1) is 0 Å². The first-order valence-corrected chi connectivity index (χ1v) is 13.4. The zero-order valence-electron chi connectivity index (χ0n) is 22.3. The summed E-state index contributed by atoms with van der Waals surface area (Å²) < 4.78 is 50.5. The van der Waals surface area contributed by atoms with E-state index in [-0.39, 0.29) is 35.6 Å². The first-order valence-electron chi connectivity index (χ1n) is 13.4. The van der Waals surface area contributed by atoms with Crippen molar-refractivity contribution < 1.29 is 17.9 Å². The van der Waals surface area contributed by atoms with Crippen molar-refractivity contribution in [3.05, 3.63) is 82.3 Å². The summed E-state index contributed by atoms with van der Waals surface area (Å²) >= 11 is 0. The highest BCUT2D eigenvalue weighted by Crippen LogP contribution is 2.39. The van der Waals surface area contributed by atoms with Gasteiger partial charge < -0.3 is 14.5 Å². The van der Waals surface area contributed by atoms with Gasteiger partial charge in [-0.2, -0.15) is 0 Å². The molecule has 9 heteroatoms. The third-order valence-corrected chi connectivity index (χ3v) is 7.59. The number of anilines is 1. The standard InChI is InChI=1S/C30H32F3N5O/c1-19(2)38-12-13-39-30-25(32)16-22(17-27(30)38)29-26(33)18-35-28(36-29)15-20-4-5-23(24(31)14-20)21-6-9-37(10-7-21)11-8-34-3/h4-5,14,16-19,21H,6-13,15H2,1-2H3. The average molecular weight is 536 g/mol. The lowest BCUT2D eigenvalue weighted by molar-refractivity contribution is 0.219. The fraction of sp³-hybridized carbons (Fsp3) is 0.433. The van der Waals surface area contributed by atoms with E-state index in [0.717, 1.165) is 38.7 Å². The maximum absolute atomic E-state index is 15.1. The van der Waals surface area contributed by atoms with Crippen molar-refractivity contribution in [1.29, 1.82) is 0 Å². The van der Waals surface area contributed by atoms with E-state index in [9.17, 15) is 8.78 Å². The van der Waals surface area contributed by atoms with E-state index in [0.29, 0.717) is 47.9 Å². The molecule has 2 aliphatic heterocycles. The van der Waals surface area contributed by atoms with Crippen LogP contribution in [0.5, 0.6) is 5.75 Å². The van der Waals surface area contributed by atoms with E-state index >= 15 is 4.39 Å².